The first-order valence-electron chi connectivity index (χ1n) is 8.46. The van der Waals surface area contributed by atoms with E-state index in [-0.39, 0.29) is 6.10 Å². The first kappa shape index (κ1) is 17.2. The zero-order chi connectivity index (χ0) is 17.8. The molecule has 0 saturated carbocycles. The van der Waals surface area contributed by atoms with Gasteiger partial charge in [-0.15, -0.1) is 0 Å². The van der Waals surface area contributed by atoms with Crippen molar-refractivity contribution in [3.63, 3.8) is 0 Å². The molecular formula is C20H23N3O2. The van der Waals surface area contributed by atoms with Crippen LogP contribution in [0.1, 0.15) is 34.3 Å². The van der Waals surface area contributed by atoms with Gasteiger partial charge in [-0.1, -0.05) is 0 Å². The van der Waals surface area contributed by atoms with Gasteiger partial charge in [-0.3, -0.25) is 10.2 Å². The second-order valence-corrected chi connectivity index (χ2v) is 6.48. The summed E-state index contributed by atoms with van der Waals surface area (Å²) in [6.07, 6.45) is 3.07. The molecule has 5 nitrogen and oxygen atoms in total. The monoisotopic (exact) mass is 337 g/mol. The van der Waals surface area contributed by atoms with E-state index in [4.69, 9.17) is 15.9 Å². The van der Waals surface area contributed by atoms with Crippen LogP contribution in [0.25, 0.3) is 0 Å². The number of nitrogens with one attached hydrogen (secondary N) is 1. The van der Waals surface area contributed by atoms with Gasteiger partial charge in [-0.2, -0.15) is 0 Å². The predicted molar refractivity (Wildman–Crippen MR) is 99.8 cm³/mol. The standard InChI is InChI=1S/C20H23N3O2/c1-23-10-8-17(9-11-23)25-16-5-3-15(4-6-16)20(22)18-12-14(13-24)2-7-19(18)21/h2-7,12-13,17,22H,8-11,21H2,1H3. The van der Waals surface area contributed by atoms with Crippen molar-refractivity contribution in [1.29, 1.82) is 5.41 Å². The molecule has 0 spiro atoms. The van der Waals surface area contributed by atoms with Gasteiger partial charge in [0.15, 0.2) is 0 Å². The molecule has 3 N–H and O–H groups in total. The van der Waals surface area contributed by atoms with E-state index < -0.39 is 0 Å². The van der Waals surface area contributed by atoms with Crippen LogP contribution in [0.15, 0.2) is 42.5 Å². The Hall–Kier alpha value is -2.66. The molecule has 2 aromatic rings. The second kappa shape index (κ2) is 7.49. The minimum Gasteiger partial charge on any atom is -0.490 e. The molecule has 1 saturated heterocycles. The molecule has 1 aliphatic rings. The van der Waals surface area contributed by atoms with Gasteiger partial charge in [0.1, 0.15) is 18.1 Å². The summed E-state index contributed by atoms with van der Waals surface area (Å²) in [6.45, 7) is 2.11. The van der Waals surface area contributed by atoms with E-state index in [1.807, 2.05) is 24.3 Å². The number of rotatable bonds is 5. The van der Waals surface area contributed by atoms with Crippen LogP contribution in [-0.4, -0.2) is 43.1 Å². The molecule has 0 aliphatic carbocycles. The van der Waals surface area contributed by atoms with E-state index in [1.165, 1.54) is 0 Å². The summed E-state index contributed by atoms with van der Waals surface area (Å²) >= 11 is 0. The molecule has 3 rings (SSSR count). The molecule has 1 aliphatic heterocycles. The van der Waals surface area contributed by atoms with Crippen molar-refractivity contribution in [3.05, 3.63) is 59.2 Å². The summed E-state index contributed by atoms with van der Waals surface area (Å²) in [7, 11) is 2.13. The summed E-state index contributed by atoms with van der Waals surface area (Å²) in [5.74, 6) is 0.820. The number of anilines is 1. The highest BCUT2D eigenvalue weighted by Crippen LogP contribution is 2.22. The van der Waals surface area contributed by atoms with Gasteiger partial charge >= 0.3 is 0 Å². The van der Waals surface area contributed by atoms with Crippen molar-refractivity contribution in [2.24, 2.45) is 0 Å². The van der Waals surface area contributed by atoms with E-state index >= 15 is 0 Å². The number of benzene rings is 2. The highest BCUT2D eigenvalue weighted by molar-refractivity contribution is 6.14. The number of ether oxygens (including phenoxy) is 1. The lowest BCUT2D eigenvalue weighted by Crippen LogP contribution is -2.35. The van der Waals surface area contributed by atoms with Gasteiger partial charge in [0.25, 0.3) is 0 Å². The average Bonchev–Trinajstić information content (AvgIpc) is 2.64. The number of hydrogen-bond donors (Lipinski definition) is 2. The molecule has 0 bridgehead atoms. The number of carbonyl (C=O) groups is 1. The highest BCUT2D eigenvalue weighted by Gasteiger charge is 2.18. The van der Waals surface area contributed by atoms with Crippen molar-refractivity contribution >= 4 is 17.7 Å². The van der Waals surface area contributed by atoms with Crippen molar-refractivity contribution < 1.29 is 9.53 Å². The number of likely N-dealkylation sites (tertiary alicyclic amines) is 1. The third-order valence-corrected chi connectivity index (χ3v) is 4.59. The summed E-state index contributed by atoms with van der Waals surface area (Å²) in [5, 5.41) is 8.39. The molecule has 2 aromatic carbocycles. The van der Waals surface area contributed by atoms with Crippen LogP contribution in [-0.2, 0) is 0 Å². The zero-order valence-corrected chi connectivity index (χ0v) is 14.4. The van der Waals surface area contributed by atoms with Crippen molar-refractivity contribution in [2.45, 2.75) is 18.9 Å². The third-order valence-electron chi connectivity index (χ3n) is 4.59. The SMILES string of the molecule is CN1CCC(Oc2ccc(C(=N)c3cc(C=O)ccc3N)cc2)CC1. The third kappa shape index (κ3) is 4.06. The van der Waals surface area contributed by atoms with E-state index in [0.717, 1.165) is 43.5 Å². The fourth-order valence-corrected chi connectivity index (χ4v) is 3.01. The number of hydrogen-bond acceptors (Lipinski definition) is 5. The molecule has 5 heteroatoms. The van der Waals surface area contributed by atoms with Crippen LogP contribution in [0.5, 0.6) is 5.75 Å². The fraction of sp³-hybridized carbons (Fsp3) is 0.300. The minimum absolute atomic E-state index is 0.251. The zero-order valence-electron chi connectivity index (χ0n) is 14.4. The van der Waals surface area contributed by atoms with Crippen LogP contribution in [0.3, 0.4) is 0 Å². The van der Waals surface area contributed by atoms with E-state index in [1.54, 1.807) is 18.2 Å². The Morgan fingerprint density at radius 2 is 1.88 bits per heavy atom. The second-order valence-electron chi connectivity index (χ2n) is 6.48. The topological polar surface area (TPSA) is 79.4 Å². The minimum atomic E-state index is 0.251. The number of piperidine rings is 1. The van der Waals surface area contributed by atoms with Crippen molar-refractivity contribution in [2.75, 3.05) is 25.9 Å². The number of nitrogen functional groups attached to an aromatic ring is 1. The first-order chi connectivity index (χ1) is 12.1. The summed E-state index contributed by atoms with van der Waals surface area (Å²) in [5.41, 5.74) is 8.56. The Morgan fingerprint density at radius 1 is 1.20 bits per heavy atom. The average molecular weight is 337 g/mol. The van der Waals surface area contributed by atoms with Crippen LogP contribution in [0.4, 0.5) is 5.69 Å². The van der Waals surface area contributed by atoms with Gasteiger partial charge in [0, 0.05) is 35.5 Å². The molecule has 0 unspecified atom stereocenters. The number of carbonyl (C=O) groups excluding carboxylic acids is 1. The predicted octanol–water partition coefficient (Wildman–Crippen LogP) is 2.97. The molecule has 0 radical (unpaired) electrons. The maximum Gasteiger partial charge on any atom is 0.150 e. The fourth-order valence-electron chi connectivity index (χ4n) is 3.01. The van der Waals surface area contributed by atoms with Crippen LogP contribution in [0.2, 0.25) is 0 Å². The van der Waals surface area contributed by atoms with Crippen molar-refractivity contribution in [1.82, 2.24) is 4.90 Å². The first-order valence-corrected chi connectivity index (χ1v) is 8.46. The van der Waals surface area contributed by atoms with Gasteiger partial charge in [0.2, 0.25) is 0 Å². The normalized spacial score (nSPS) is 15.7. The lowest BCUT2D eigenvalue weighted by Gasteiger charge is -2.29. The molecular weight excluding hydrogens is 314 g/mol. The van der Waals surface area contributed by atoms with E-state index in [0.29, 0.717) is 22.5 Å². The largest absolute Gasteiger partial charge is 0.490 e. The summed E-state index contributed by atoms with van der Waals surface area (Å²) in [4.78, 5) is 13.3. The molecule has 0 aromatic heterocycles. The van der Waals surface area contributed by atoms with Gasteiger partial charge in [-0.25, -0.2) is 0 Å². The summed E-state index contributed by atoms with van der Waals surface area (Å²) < 4.78 is 6.04. The van der Waals surface area contributed by atoms with Crippen LogP contribution >= 0.6 is 0 Å². The van der Waals surface area contributed by atoms with E-state index in [2.05, 4.69) is 11.9 Å². The Kier molecular flexibility index (Phi) is 5.14. The summed E-state index contributed by atoms with van der Waals surface area (Å²) in [6, 6.07) is 12.5. The number of nitrogens with two attached hydrogens (primary N) is 1. The number of nitrogens with zero attached hydrogens (tertiary/aromatic N) is 1. The molecule has 0 atom stereocenters. The molecule has 1 fully saturated rings. The Balaban J connectivity index is 1.71. The Morgan fingerprint density at radius 3 is 2.52 bits per heavy atom. The number of aldehydes is 1. The van der Waals surface area contributed by atoms with Gasteiger partial charge < -0.3 is 15.4 Å². The lowest BCUT2D eigenvalue weighted by atomic mass is 9.99. The molecule has 25 heavy (non-hydrogen) atoms. The Bertz CT molecular complexity index is 763. The molecule has 1 heterocycles. The van der Waals surface area contributed by atoms with Gasteiger partial charge in [0.05, 0.1) is 5.71 Å². The maximum absolute atomic E-state index is 11.0. The van der Waals surface area contributed by atoms with E-state index in [9.17, 15) is 4.79 Å². The molecule has 130 valence electrons. The van der Waals surface area contributed by atoms with Gasteiger partial charge in [-0.05, 0) is 62.4 Å². The highest BCUT2D eigenvalue weighted by atomic mass is 16.5. The van der Waals surface area contributed by atoms with Crippen molar-refractivity contribution in [3.8, 4) is 5.75 Å². The maximum atomic E-state index is 11.0. The smallest absolute Gasteiger partial charge is 0.150 e. The molecule has 0 amide bonds. The Labute approximate surface area is 147 Å². The van der Waals surface area contributed by atoms with Crippen LogP contribution < -0.4 is 10.5 Å². The lowest BCUT2D eigenvalue weighted by molar-refractivity contribution is 0.112. The quantitative estimate of drug-likeness (QED) is 0.499. The van der Waals surface area contributed by atoms with Crippen LogP contribution in [0, 0.1) is 5.41 Å².